The van der Waals surface area contributed by atoms with Crippen LogP contribution in [0.2, 0.25) is 0 Å². The van der Waals surface area contributed by atoms with Gasteiger partial charge in [0.25, 0.3) is 0 Å². The third-order valence-electron chi connectivity index (χ3n) is 7.26. The number of terminal acetylenes is 1. The van der Waals surface area contributed by atoms with Gasteiger partial charge in [-0.15, -0.1) is 6.42 Å². The summed E-state index contributed by atoms with van der Waals surface area (Å²) in [5.74, 6) is 4.19. The van der Waals surface area contributed by atoms with Crippen LogP contribution in [0.25, 0.3) is 38.2 Å². The molecule has 7 rings (SSSR count). The maximum absolute atomic E-state index is 7.02. The molecule has 0 saturated carbocycles. The van der Waals surface area contributed by atoms with Crippen LogP contribution in [-0.4, -0.2) is 6.61 Å². The quantitative estimate of drug-likeness (QED) is 0.256. The molecular weight excluding hydrogens is 428 g/mol. The maximum atomic E-state index is 7.02. The first-order valence-corrected chi connectivity index (χ1v) is 11.8. The Morgan fingerprint density at radius 1 is 0.800 bits per heavy atom. The van der Waals surface area contributed by atoms with Crippen LogP contribution in [0.5, 0.6) is 11.5 Å². The molecule has 35 heavy (non-hydrogen) atoms. The van der Waals surface area contributed by atoms with Gasteiger partial charge in [-0.1, -0.05) is 60.5 Å². The first kappa shape index (κ1) is 19.9. The van der Waals surface area contributed by atoms with Crippen LogP contribution in [0.15, 0.2) is 97.1 Å². The highest BCUT2D eigenvalue weighted by molar-refractivity contribution is 6.00. The van der Waals surface area contributed by atoms with Crippen molar-refractivity contribution in [1.82, 2.24) is 0 Å². The summed E-state index contributed by atoms with van der Waals surface area (Å²) in [7, 11) is 0. The second-order valence-electron chi connectivity index (χ2n) is 9.27. The highest BCUT2D eigenvalue weighted by Gasteiger charge is 2.46. The van der Waals surface area contributed by atoms with E-state index in [0.717, 1.165) is 27.8 Å². The van der Waals surface area contributed by atoms with Crippen LogP contribution in [0.4, 0.5) is 0 Å². The molecule has 1 atom stereocenters. The molecule has 2 heteroatoms. The Kier molecular flexibility index (Phi) is 4.13. The van der Waals surface area contributed by atoms with Crippen LogP contribution >= 0.6 is 0 Å². The lowest BCUT2D eigenvalue weighted by molar-refractivity contribution is 0.165. The Morgan fingerprint density at radius 3 is 2.46 bits per heavy atom. The standard InChI is InChI=1S/C33H22O2/c1-3-16-34-25-13-14-26-24(17-25)12-15-31-32(26)21(2)20-33(35-31)29-11-7-6-10-27(29)28-18-22-8-4-5-9-23(22)19-30(28)33/h1,4-15,17-20H,16H2,2H3. The molecule has 1 aliphatic heterocycles. The summed E-state index contributed by atoms with van der Waals surface area (Å²) < 4.78 is 12.7. The lowest BCUT2D eigenvalue weighted by Gasteiger charge is -2.36. The van der Waals surface area contributed by atoms with E-state index in [1.54, 1.807) is 0 Å². The minimum Gasteiger partial charge on any atom is -0.481 e. The van der Waals surface area contributed by atoms with Crippen molar-refractivity contribution in [2.45, 2.75) is 12.5 Å². The van der Waals surface area contributed by atoms with Crippen molar-refractivity contribution in [3.8, 4) is 35.0 Å². The van der Waals surface area contributed by atoms with Crippen molar-refractivity contribution in [2.24, 2.45) is 0 Å². The third kappa shape index (κ3) is 2.79. The molecule has 1 unspecified atom stereocenters. The van der Waals surface area contributed by atoms with E-state index in [2.05, 4.69) is 97.8 Å². The first-order valence-electron chi connectivity index (χ1n) is 11.8. The number of allylic oxidation sites excluding steroid dienone is 1. The second kappa shape index (κ2) is 7.26. The lowest BCUT2D eigenvalue weighted by Crippen LogP contribution is -2.33. The molecule has 2 nitrogen and oxygen atoms in total. The fourth-order valence-corrected chi connectivity index (χ4v) is 5.80. The number of rotatable bonds is 2. The highest BCUT2D eigenvalue weighted by atomic mass is 16.5. The Morgan fingerprint density at radius 2 is 1.60 bits per heavy atom. The number of hydrogen-bond acceptors (Lipinski definition) is 2. The molecule has 5 aromatic carbocycles. The molecule has 1 heterocycles. The fourth-order valence-electron chi connectivity index (χ4n) is 5.80. The number of fused-ring (bicyclic) bond motifs is 9. The maximum Gasteiger partial charge on any atom is 0.179 e. The molecule has 0 saturated heterocycles. The zero-order valence-electron chi connectivity index (χ0n) is 19.3. The minimum absolute atomic E-state index is 0.258. The monoisotopic (exact) mass is 450 g/mol. The van der Waals surface area contributed by atoms with E-state index in [1.807, 2.05) is 12.1 Å². The third-order valence-corrected chi connectivity index (χ3v) is 7.26. The summed E-state index contributed by atoms with van der Waals surface area (Å²) in [6, 6.07) is 32.1. The van der Waals surface area contributed by atoms with E-state index in [4.69, 9.17) is 15.9 Å². The first-order chi connectivity index (χ1) is 17.2. The second-order valence-corrected chi connectivity index (χ2v) is 9.27. The minimum atomic E-state index is -0.656. The van der Waals surface area contributed by atoms with E-state index in [-0.39, 0.29) is 6.61 Å². The van der Waals surface area contributed by atoms with Gasteiger partial charge in [0.2, 0.25) is 0 Å². The van der Waals surface area contributed by atoms with Gasteiger partial charge in [-0.25, -0.2) is 0 Å². The lowest BCUT2D eigenvalue weighted by atomic mass is 9.83. The molecule has 0 aromatic heterocycles. The van der Waals surface area contributed by atoms with Crippen molar-refractivity contribution in [1.29, 1.82) is 0 Å². The number of ether oxygens (including phenoxy) is 2. The van der Waals surface area contributed by atoms with Gasteiger partial charge < -0.3 is 9.47 Å². The summed E-state index contributed by atoms with van der Waals surface area (Å²) in [6.45, 7) is 2.45. The Balaban J connectivity index is 1.45. The molecule has 1 aliphatic carbocycles. The molecule has 2 aliphatic rings. The molecule has 5 aromatic rings. The van der Waals surface area contributed by atoms with Crippen molar-refractivity contribution in [2.75, 3.05) is 6.61 Å². The largest absolute Gasteiger partial charge is 0.481 e. The van der Waals surface area contributed by atoms with Crippen LogP contribution in [-0.2, 0) is 5.60 Å². The summed E-state index contributed by atoms with van der Waals surface area (Å²) in [5.41, 5.74) is 6.53. The summed E-state index contributed by atoms with van der Waals surface area (Å²) in [4.78, 5) is 0. The predicted octanol–water partition coefficient (Wildman–Crippen LogP) is 7.72. The average molecular weight is 451 g/mol. The van der Waals surface area contributed by atoms with Crippen LogP contribution in [0.1, 0.15) is 23.6 Å². The van der Waals surface area contributed by atoms with Gasteiger partial charge in [-0.2, -0.15) is 0 Å². The van der Waals surface area contributed by atoms with Gasteiger partial charge in [0.05, 0.1) is 0 Å². The molecule has 0 radical (unpaired) electrons. The molecule has 0 amide bonds. The van der Waals surface area contributed by atoms with Gasteiger partial charge in [0.1, 0.15) is 18.1 Å². The zero-order chi connectivity index (χ0) is 23.6. The fraction of sp³-hybridized carbons (Fsp3) is 0.0909. The Labute approximate surface area is 204 Å². The van der Waals surface area contributed by atoms with E-state index in [1.165, 1.54) is 38.6 Å². The molecular formula is C33H22O2. The SMILES string of the molecule is C#CCOc1ccc2c3c(ccc2c1)OC1(C=C3C)c2ccccc2-c2cc3ccccc3cc21. The van der Waals surface area contributed by atoms with Crippen LogP contribution in [0, 0.1) is 12.3 Å². The average Bonchev–Trinajstić information content (AvgIpc) is 3.14. The summed E-state index contributed by atoms with van der Waals surface area (Å²) in [6.07, 6.45) is 7.66. The Bertz CT molecular complexity index is 1750. The van der Waals surface area contributed by atoms with E-state index < -0.39 is 5.60 Å². The summed E-state index contributed by atoms with van der Waals surface area (Å²) >= 11 is 0. The van der Waals surface area contributed by atoms with Crippen molar-refractivity contribution in [3.63, 3.8) is 0 Å². The van der Waals surface area contributed by atoms with Crippen molar-refractivity contribution in [3.05, 3.63) is 114 Å². The van der Waals surface area contributed by atoms with Gasteiger partial charge in [0, 0.05) is 16.7 Å². The molecule has 0 N–H and O–H groups in total. The van der Waals surface area contributed by atoms with Gasteiger partial charge >= 0.3 is 0 Å². The van der Waals surface area contributed by atoms with Gasteiger partial charge in [0.15, 0.2) is 5.60 Å². The topological polar surface area (TPSA) is 18.5 Å². The zero-order valence-corrected chi connectivity index (χ0v) is 19.3. The smallest absolute Gasteiger partial charge is 0.179 e. The van der Waals surface area contributed by atoms with Crippen LogP contribution < -0.4 is 9.47 Å². The molecule has 166 valence electrons. The van der Waals surface area contributed by atoms with Gasteiger partial charge in [-0.3, -0.25) is 0 Å². The van der Waals surface area contributed by atoms with E-state index in [9.17, 15) is 0 Å². The Hall–Kier alpha value is -4.48. The summed E-state index contributed by atoms with van der Waals surface area (Å²) in [5, 5.41) is 4.70. The predicted molar refractivity (Wildman–Crippen MR) is 143 cm³/mol. The van der Waals surface area contributed by atoms with Crippen molar-refractivity contribution >= 4 is 27.1 Å². The molecule has 0 fully saturated rings. The molecule has 1 spiro atoms. The highest BCUT2D eigenvalue weighted by Crippen LogP contribution is 2.55. The van der Waals surface area contributed by atoms with Crippen LogP contribution in [0.3, 0.4) is 0 Å². The molecule has 0 bridgehead atoms. The normalized spacial score (nSPS) is 17.3. The number of benzene rings is 5. The van der Waals surface area contributed by atoms with E-state index >= 15 is 0 Å². The van der Waals surface area contributed by atoms with Gasteiger partial charge in [-0.05, 0) is 87.6 Å². The van der Waals surface area contributed by atoms with Crippen molar-refractivity contribution < 1.29 is 9.47 Å². The van der Waals surface area contributed by atoms with E-state index in [0.29, 0.717) is 0 Å². The number of hydrogen-bond donors (Lipinski definition) is 0.